The van der Waals surface area contributed by atoms with Gasteiger partial charge in [-0.3, -0.25) is 0 Å². The second kappa shape index (κ2) is 4.12. The average Bonchev–Trinajstić information content (AvgIpc) is 2.07. The normalized spacial score (nSPS) is 9.92. The summed E-state index contributed by atoms with van der Waals surface area (Å²) < 4.78 is 10.0. The molecule has 1 aromatic rings. The van der Waals surface area contributed by atoms with Crippen molar-refractivity contribution < 1.29 is 9.47 Å². The van der Waals surface area contributed by atoms with E-state index in [0.717, 1.165) is 11.3 Å². The first-order chi connectivity index (χ1) is 5.74. The summed E-state index contributed by atoms with van der Waals surface area (Å²) in [5, 5.41) is 0. The van der Waals surface area contributed by atoms with Crippen LogP contribution in [-0.4, -0.2) is 13.9 Å². The van der Waals surface area contributed by atoms with Crippen LogP contribution in [0.15, 0.2) is 18.2 Å². The smallest absolute Gasteiger partial charge is 0.188 e. The number of benzene rings is 1. The van der Waals surface area contributed by atoms with Gasteiger partial charge < -0.3 is 9.47 Å². The molecule has 0 aromatic heterocycles. The zero-order valence-corrected chi connectivity index (χ0v) is 7.46. The molecule has 0 fully saturated rings. The van der Waals surface area contributed by atoms with Gasteiger partial charge in [0.1, 0.15) is 5.75 Å². The van der Waals surface area contributed by atoms with Gasteiger partial charge in [-0.2, -0.15) is 0 Å². The van der Waals surface area contributed by atoms with Gasteiger partial charge in [-0.25, -0.2) is 0 Å². The third-order valence-corrected chi connectivity index (χ3v) is 1.66. The summed E-state index contributed by atoms with van der Waals surface area (Å²) in [6.07, 6.45) is 0. The van der Waals surface area contributed by atoms with Crippen LogP contribution in [0.1, 0.15) is 11.1 Å². The van der Waals surface area contributed by atoms with Crippen LogP contribution in [0.25, 0.3) is 0 Å². The third kappa shape index (κ3) is 2.24. The summed E-state index contributed by atoms with van der Waals surface area (Å²) in [5.41, 5.74) is 2.16. The SMILES string of the molecule is [CH2]c1cc(OCOC)ccc1C. The molecule has 1 aromatic carbocycles. The van der Waals surface area contributed by atoms with E-state index in [1.165, 1.54) is 5.56 Å². The molecule has 0 atom stereocenters. The van der Waals surface area contributed by atoms with E-state index in [-0.39, 0.29) is 6.79 Å². The highest BCUT2D eigenvalue weighted by Gasteiger charge is 1.95. The van der Waals surface area contributed by atoms with Crippen LogP contribution in [0.2, 0.25) is 0 Å². The van der Waals surface area contributed by atoms with Crippen molar-refractivity contribution in [1.29, 1.82) is 0 Å². The summed E-state index contributed by atoms with van der Waals surface area (Å²) in [7, 11) is 1.60. The number of methoxy groups -OCH3 is 1. The zero-order valence-electron chi connectivity index (χ0n) is 7.46. The highest BCUT2D eigenvalue weighted by Crippen LogP contribution is 2.15. The van der Waals surface area contributed by atoms with E-state index < -0.39 is 0 Å². The van der Waals surface area contributed by atoms with Crippen molar-refractivity contribution in [3.63, 3.8) is 0 Å². The molecular weight excluding hydrogens is 152 g/mol. The van der Waals surface area contributed by atoms with E-state index in [9.17, 15) is 0 Å². The fourth-order valence-electron chi connectivity index (χ4n) is 0.865. The quantitative estimate of drug-likeness (QED) is 0.639. The summed E-state index contributed by atoms with van der Waals surface area (Å²) in [5.74, 6) is 0.799. The minimum atomic E-state index is 0.280. The van der Waals surface area contributed by atoms with Crippen LogP contribution >= 0.6 is 0 Å². The molecular formula is C10H13O2. The maximum absolute atomic E-state index is 5.23. The van der Waals surface area contributed by atoms with Crippen molar-refractivity contribution in [2.45, 2.75) is 6.92 Å². The number of rotatable bonds is 3. The third-order valence-electron chi connectivity index (χ3n) is 1.66. The molecule has 0 saturated heterocycles. The fraction of sp³-hybridized carbons (Fsp3) is 0.300. The Morgan fingerprint density at radius 3 is 2.75 bits per heavy atom. The Morgan fingerprint density at radius 1 is 1.42 bits per heavy atom. The first-order valence-electron chi connectivity index (χ1n) is 3.78. The molecule has 2 heteroatoms. The summed E-state index contributed by atoms with van der Waals surface area (Å²) in [6, 6.07) is 5.78. The molecule has 0 unspecified atom stereocenters. The Kier molecular flexibility index (Phi) is 3.11. The van der Waals surface area contributed by atoms with Crippen LogP contribution in [0.5, 0.6) is 5.75 Å². The van der Waals surface area contributed by atoms with E-state index in [1.807, 2.05) is 25.1 Å². The predicted molar refractivity (Wildman–Crippen MR) is 48.1 cm³/mol. The lowest BCUT2D eigenvalue weighted by atomic mass is 10.1. The molecule has 2 nitrogen and oxygen atoms in total. The number of hydrogen-bond donors (Lipinski definition) is 0. The van der Waals surface area contributed by atoms with E-state index in [4.69, 9.17) is 9.47 Å². The van der Waals surface area contributed by atoms with Crippen molar-refractivity contribution in [2.75, 3.05) is 13.9 Å². The maximum atomic E-state index is 5.23. The highest BCUT2D eigenvalue weighted by molar-refractivity contribution is 5.36. The highest BCUT2D eigenvalue weighted by atomic mass is 16.7. The molecule has 12 heavy (non-hydrogen) atoms. The second-order valence-electron chi connectivity index (χ2n) is 2.64. The first kappa shape index (κ1) is 9.07. The zero-order chi connectivity index (χ0) is 8.97. The van der Waals surface area contributed by atoms with Gasteiger partial charge in [0.2, 0.25) is 0 Å². The van der Waals surface area contributed by atoms with Gasteiger partial charge >= 0.3 is 0 Å². The average molecular weight is 165 g/mol. The van der Waals surface area contributed by atoms with Gasteiger partial charge in [-0.1, -0.05) is 6.07 Å². The van der Waals surface area contributed by atoms with Gasteiger partial charge in [0.25, 0.3) is 0 Å². The Morgan fingerprint density at radius 2 is 2.17 bits per heavy atom. The molecule has 0 spiro atoms. The lowest BCUT2D eigenvalue weighted by Gasteiger charge is -2.06. The van der Waals surface area contributed by atoms with Crippen molar-refractivity contribution >= 4 is 0 Å². The summed E-state index contributed by atoms with van der Waals surface area (Å²) in [6.45, 7) is 6.16. The van der Waals surface area contributed by atoms with Crippen LogP contribution < -0.4 is 4.74 Å². The predicted octanol–water partition coefficient (Wildman–Crippen LogP) is 2.16. The minimum Gasteiger partial charge on any atom is -0.468 e. The monoisotopic (exact) mass is 165 g/mol. The van der Waals surface area contributed by atoms with Gasteiger partial charge in [0, 0.05) is 7.11 Å². The lowest BCUT2D eigenvalue weighted by molar-refractivity contribution is 0.0511. The number of hydrogen-bond acceptors (Lipinski definition) is 2. The van der Waals surface area contributed by atoms with Gasteiger partial charge in [-0.05, 0) is 37.1 Å². The largest absolute Gasteiger partial charge is 0.468 e. The standard InChI is InChI=1S/C10H13O2/c1-8-4-5-10(6-9(8)2)12-7-11-3/h4-6H,2,7H2,1,3H3. The van der Waals surface area contributed by atoms with Crippen LogP contribution in [0.4, 0.5) is 0 Å². The Hall–Kier alpha value is -1.02. The van der Waals surface area contributed by atoms with Crippen molar-refractivity contribution in [1.82, 2.24) is 0 Å². The van der Waals surface area contributed by atoms with E-state index >= 15 is 0 Å². The van der Waals surface area contributed by atoms with Crippen LogP contribution in [0, 0.1) is 13.8 Å². The summed E-state index contributed by atoms with van der Waals surface area (Å²) in [4.78, 5) is 0. The summed E-state index contributed by atoms with van der Waals surface area (Å²) >= 11 is 0. The first-order valence-corrected chi connectivity index (χ1v) is 3.78. The lowest BCUT2D eigenvalue weighted by Crippen LogP contribution is -1.98. The molecule has 0 aliphatic carbocycles. The van der Waals surface area contributed by atoms with Gasteiger partial charge in [0.15, 0.2) is 6.79 Å². The molecule has 0 N–H and O–H groups in total. The Bertz CT molecular complexity index is 256. The van der Waals surface area contributed by atoms with Crippen molar-refractivity contribution in [3.8, 4) is 5.75 Å². The minimum absolute atomic E-state index is 0.280. The molecule has 0 saturated carbocycles. The Balaban J connectivity index is 2.69. The van der Waals surface area contributed by atoms with Crippen molar-refractivity contribution in [3.05, 3.63) is 36.2 Å². The molecule has 1 rings (SSSR count). The molecule has 0 amide bonds. The molecule has 0 heterocycles. The molecule has 0 aliphatic rings. The van der Waals surface area contributed by atoms with E-state index in [0.29, 0.717) is 0 Å². The van der Waals surface area contributed by atoms with Crippen LogP contribution in [0.3, 0.4) is 0 Å². The van der Waals surface area contributed by atoms with Gasteiger partial charge in [0.05, 0.1) is 0 Å². The second-order valence-corrected chi connectivity index (χ2v) is 2.64. The maximum Gasteiger partial charge on any atom is 0.188 e. The van der Waals surface area contributed by atoms with E-state index in [1.54, 1.807) is 7.11 Å². The van der Waals surface area contributed by atoms with Crippen LogP contribution in [-0.2, 0) is 4.74 Å². The number of ether oxygens (including phenoxy) is 2. The number of aryl methyl sites for hydroxylation is 1. The van der Waals surface area contributed by atoms with Gasteiger partial charge in [-0.15, -0.1) is 0 Å². The molecule has 65 valence electrons. The van der Waals surface area contributed by atoms with Crippen molar-refractivity contribution in [2.24, 2.45) is 0 Å². The molecule has 0 bridgehead atoms. The van der Waals surface area contributed by atoms with E-state index in [2.05, 4.69) is 6.92 Å². The topological polar surface area (TPSA) is 18.5 Å². The molecule has 1 radical (unpaired) electrons. The molecule has 0 aliphatic heterocycles. The Labute approximate surface area is 73.1 Å². The fourth-order valence-corrected chi connectivity index (χ4v) is 0.865.